The first-order valence-corrected chi connectivity index (χ1v) is 9.37. The third kappa shape index (κ3) is 3.74. The number of nitrogens with zero attached hydrogens (tertiary/aromatic N) is 1. The van der Waals surface area contributed by atoms with Crippen LogP contribution >= 0.6 is 15.9 Å². The van der Waals surface area contributed by atoms with Gasteiger partial charge in [-0.25, -0.2) is 0 Å². The van der Waals surface area contributed by atoms with Crippen molar-refractivity contribution in [2.24, 2.45) is 0 Å². The molecule has 0 saturated carbocycles. The molecule has 1 aromatic carbocycles. The zero-order valence-corrected chi connectivity index (χ0v) is 12.6. The Kier molecular flexibility index (Phi) is 4.31. The van der Waals surface area contributed by atoms with Gasteiger partial charge in [0.2, 0.25) is 0 Å². The van der Waals surface area contributed by atoms with Crippen molar-refractivity contribution in [3.8, 4) is 6.07 Å². The van der Waals surface area contributed by atoms with E-state index in [9.17, 15) is 0 Å². The number of benzene rings is 1. The summed E-state index contributed by atoms with van der Waals surface area (Å²) in [6.07, 6.45) is -0.455. The van der Waals surface area contributed by atoms with Gasteiger partial charge in [0.15, 0.2) is 14.4 Å². The van der Waals surface area contributed by atoms with E-state index in [1.165, 1.54) is 0 Å². The summed E-state index contributed by atoms with van der Waals surface area (Å²) in [5, 5.41) is 9.13. The average molecular weight is 298 g/mol. The van der Waals surface area contributed by atoms with Crippen LogP contribution in [0.15, 0.2) is 22.7 Å². The fraction of sp³-hybridized carbons (Fsp3) is 0.417. The largest absolute Gasteiger partial charge is 0.399 e. The Bertz CT molecular complexity index is 420. The van der Waals surface area contributed by atoms with Crippen LogP contribution in [0.1, 0.15) is 17.2 Å². The molecule has 0 N–H and O–H groups in total. The molecule has 0 heterocycles. The van der Waals surface area contributed by atoms with Crippen molar-refractivity contribution >= 4 is 24.2 Å². The molecule has 1 atom stereocenters. The lowest BCUT2D eigenvalue weighted by Gasteiger charge is -2.22. The van der Waals surface area contributed by atoms with E-state index in [0.717, 1.165) is 15.6 Å². The molecule has 1 unspecified atom stereocenters. The van der Waals surface area contributed by atoms with E-state index in [-0.39, 0.29) is 0 Å². The van der Waals surface area contributed by atoms with E-state index in [2.05, 4.69) is 41.6 Å². The first-order chi connectivity index (χ1) is 7.33. The van der Waals surface area contributed by atoms with Crippen molar-refractivity contribution in [1.29, 1.82) is 5.26 Å². The molecule has 0 spiro atoms. The molecule has 0 radical (unpaired) electrons. The molecule has 0 aliphatic rings. The van der Waals surface area contributed by atoms with Crippen molar-refractivity contribution in [2.45, 2.75) is 32.7 Å². The van der Waals surface area contributed by atoms with Crippen molar-refractivity contribution < 1.29 is 4.43 Å². The van der Waals surface area contributed by atoms with Crippen LogP contribution < -0.4 is 0 Å². The predicted octanol–water partition coefficient (Wildman–Crippen LogP) is 4.17. The molecule has 0 amide bonds. The first-order valence-electron chi connectivity index (χ1n) is 5.17. The second kappa shape index (κ2) is 5.13. The SMILES string of the molecule is Cc1ccc(C(C#N)O[Si](C)(C)C)cc1Br. The Balaban J connectivity index is 2.97. The molecule has 1 rings (SSSR count). The molecular formula is C12H16BrNOSi. The summed E-state index contributed by atoms with van der Waals surface area (Å²) in [5.74, 6) is 0. The van der Waals surface area contributed by atoms with Crippen LogP contribution in [-0.2, 0) is 4.43 Å². The second-order valence-electron chi connectivity index (χ2n) is 4.75. The lowest BCUT2D eigenvalue weighted by Crippen LogP contribution is -2.27. The Hall–Kier alpha value is -0.633. The topological polar surface area (TPSA) is 33.0 Å². The minimum Gasteiger partial charge on any atom is -0.399 e. The molecule has 86 valence electrons. The number of hydrogen-bond acceptors (Lipinski definition) is 2. The van der Waals surface area contributed by atoms with Gasteiger partial charge < -0.3 is 4.43 Å². The van der Waals surface area contributed by atoms with Gasteiger partial charge in [-0.3, -0.25) is 0 Å². The van der Waals surface area contributed by atoms with Gasteiger partial charge in [0, 0.05) is 4.47 Å². The van der Waals surface area contributed by atoms with E-state index in [0.29, 0.717) is 0 Å². The van der Waals surface area contributed by atoms with Crippen molar-refractivity contribution in [3.05, 3.63) is 33.8 Å². The van der Waals surface area contributed by atoms with Gasteiger partial charge in [0.1, 0.15) is 0 Å². The van der Waals surface area contributed by atoms with Gasteiger partial charge in [-0.05, 0) is 43.8 Å². The van der Waals surface area contributed by atoms with Crippen molar-refractivity contribution in [2.75, 3.05) is 0 Å². The standard InChI is InChI=1S/C12H16BrNOSi/c1-9-5-6-10(7-11(9)13)12(8-14)15-16(2,3)4/h5-7,12H,1-4H3. The molecule has 0 aliphatic carbocycles. The molecule has 0 fully saturated rings. The van der Waals surface area contributed by atoms with Gasteiger partial charge >= 0.3 is 0 Å². The summed E-state index contributed by atoms with van der Waals surface area (Å²) < 4.78 is 6.84. The number of hydrogen-bond donors (Lipinski definition) is 0. The monoisotopic (exact) mass is 297 g/mol. The fourth-order valence-electron chi connectivity index (χ4n) is 1.29. The van der Waals surface area contributed by atoms with Crippen LogP contribution in [0.4, 0.5) is 0 Å². The summed E-state index contributed by atoms with van der Waals surface area (Å²) in [7, 11) is -1.69. The first kappa shape index (κ1) is 13.4. The van der Waals surface area contributed by atoms with E-state index >= 15 is 0 Å². The lowest BCUT2D eigenvalue weighted by molar-refractivity contribution is 0.255. The third-order valence-electron chi connectivity index (χ3n) is 2.09. The van der Waals surface area contributed by atoms with E-state index in [4.69, 9.17) is 9.69 Å². The molecule has 0 saturated heterocycles. The lowest BCUT2D eigenvalue weighted by atomic mass is 10.1. The zero-order chi connectivity index (χ0) is 12.3. The number of rotatable bonds is 3. The maximum absolute atomic E-state index is 9.13. The Morgan fingerprint density at radius 1 is 1.38 bits per heavy atom. The average Bonchev–Trinajstić information content (AvgIpc) is 2.17. The van der Waals surface area contributed by atoms with Crippen LogP contribution in [0.2, 0.25) is 19.6 Å². The van der Waals surface area contributed by atoms with Gasteiger partial charge in [-0.15, -0.1) is 0 Å². The van der Waals surface area contributed by atoms with Crippen LogP contribution in [0.3, 0.4) is 0 Å². The zero-order valence-electron chi connectivity index (χ0n) is 10.0. The number of halogens is 1. The highest BCUT2D eigenvalue weighted by Crippen LogP contribution is 2.26. The third-order valence-corrected chi connectivity index (χ3v) is 3.88. The van der Waals surface area contributed by atoms with Crippen molar-refractivity contribution in [3.63, 3.8) is 0 Å². The van der Waals surface area contributed by atoms with Gasteiger partial charge in [-0.2, -0.15) is 5.26 Å². The number of aryl methyl sites for hydroxylation is 1. The molecule has 0 aliphatic heterocycles. The Morgan fingerprint density at radius 2 is 2.00 bits per heavy atom. The van der Waals surface area contributed by atoms with E-state index in [1.807, 2.05) is 25.1 Å². The molecule has 16 heavy (non-hydrogen) atoms. The summed E-state index contributed by atoms with van der Waals surface area (Å²) in [6, 6.07) is 8.12. The molecular weight excluding hydrogens is 282 g/mol. The summed E-state index contributed by atoms with van der Waals surface area (Å²) >= 11 is 3.47. The Labute approximate surface area is 106 Å². The van der Waals surface area contributed by atoms with Crippen LogP contribution in [0, 0.1) is 18.3 Å². The normalized spacial score (nSPS) is 13.2. The summed E-state index contributed by atoms with van der Waals surface area (Å²) in [4.78, 5) is 0. The molecule has 0 aromatic heterocycles. The maximum atomic E-state index is 9.13. The molecule has 0 bridgehead atoms. The predicted molar refractivity (Wildman–Crippen MR) is 71.7 cm³/mol. The highest BCUT2D eigenvalue weighted by atomic mass is 79.9. The van der Waals surface area contributed by atoms with Gasteiger partial charge in [0.05, 0.1) is 6.07 Å². The fourth-order valence-corrected chi connectivity index (χ4v) is 2.59. The highest BCUT2D eigenvalue weighted by Gasteiger charge is 2.22. The van der Waals surface area contributed by atoms with Crippen LogP contribution in [0.25, 0.3) is 0 Å². The number of nitriles is 1. The van der Waals surface area contributed by atoms with Gasteiger partial charge in [-0.1, -0.05) is 28.1 Å². The van der Waals surface area contributed by atoms with Crippen molar-refractivity contribution in [1.82, 2.24) is 0 Å². The summed E-state index contributed by atoms with van der Waals surface area (Å²) in [5.41, 5.74) is 2.08. The van der Waals surface area contributed by atoms with Crippen LogP contribution in [-0.4, -0.2) is 8.32 Å². The second-order valence-corrected chi connectivity index (χ2v) is 10.1. The quantitative estimate of drug-likeness (QED) is 0.784. The van der Waals surface area contributed by atoms with Gasteiger partial charge in [0.25, 0.3) is 0 Å². The minimum atomic E-state index is -1.69. The van der Waals surface area contributed by atoms with E-state index in [1.54, 1.807) is 0 Å². The maximum Gasteiger partial charge on any atom is 0.186 e. The molecule has 4 heteroatoms. The smallest absolute Gasteiger partial charge is 0.186 e. The molecule has 1 aromatic rings. The Morgan fingerprint density at radius 3 is 2.44 bits per heavy atom. The summed E-state index contributed by atoms with van der Waals surface area (Å²) in [6.45, 7) is 8.27. The van der Waals surface area contributed by atoms with E-state index < -0.39 is 14.4 Å². The minimum absolute atomic E-state index is 0.455. The van der Waals surface area contributed by atoms with Crippen LogP contribution in [0.5, 0.6) is 0 Å². The molecule has 2 nitrogen and oxygen atoms in total. The highest BCUT2D eigenvalue weighted by molar-refractivity contribution is 9.10.